The van der Waals surface area contributed by atoms with E-state index in [0.717, 1.165) is 13.0 Å². The molecule has 1 unspecified atom stereocenters. The number of nitrogens with one attached hydrogen (secondary N) is 1. The van der Waals surface area contributed by atoms with E-state index in [1.54, 1.807) is 0 Å². The summed E-state index contributed by atoms with van der Waals surface area (Å²) < 4.78 is 5.48. The molecule has 2 aromatic carbocycles. The SMILES string of the molecule is CNC(Cc1ccc(Cl)c(Cl)c1)c1ccc2c(c1)COC2. The van der Waals surface area contributed by atoms with Crippen LogP contribution < -0.4 is 5.32 Å². The van der Waals surface area contributed by atoms with E-state index in [9.17, 15) is 0 Å². The number of fused-ring (bicyclic) bond motifs is 1. The minimum Gasteiger partial charge on any atom is -0.372 e. The zero-order valence-corrected chi connectivity index (χ0v) is 13.3. The van der Waals surface area contributed by atoms with Crippen LogP contribution in [0.1, 0.15) is 28.3 Å². The van der Waals surface area contributed by atoms with Crippen LogP contribution in [0.3, 0.4) is 0 Å². The van der Waals surface area contributed by atoms with Gasteiger partial charge in [0.05, 0.1) is 23.3 Å². The van der Waals surface area contributed by atoms with Gasteiger partial charge in [0.1, 0.15) is 0 Å². The second-order valence-electron chi connectivity index (χ2n) is 5.31. The summed E-state index contributed by atoms with van der Waals surface area (Å²) >= 11 is 12.1. The van der Waals surface area contributed by atoms with E-state index in [-0.39, 0.29) is 6.04 Å². The Kier molecular flexibility index (Phi) is 4.51. The zero-order valence-electron chi connectivity index (χ0n) is 11.8. The molecule has 0 radical (unpaired) electrons. The molecule has 0 spiro atoms. The van der Waals surface area contributed by atoms with Crippen LogP contribution in [-0.4, -0.2) is 7.05 Å². The molecule has 0 bridgehead atoms. The Bertz CT molecular complexity index is 657. The summed E-state index contributed by atoms with van der Waals surface area (Å²) in [4.78, 5) is 0. The molecule has 1 aliphatic heterocycles. The molecule has 0 aromatic heterocycles. The summed E-state index contributed by atoms with van der Waals surface area (Å²) in [6.07, 6.45) is 0.868. The van der Waals surface area contributed by atoms with Gasteiger partial charge in [-0.25, -0.2) is 0 Å². The number of hydrogen-bond donors (Lipinski definition) is 1. The van der Waals surface area contributed by atoms with Crippen molar-refractivity contribution in [1.29, 1.82) is 0 Å². The van der Waals surface area contributed by atoms with Gasteiger partial charge >= 0.3 is 0 Å². The number of rotatable bonds is 4. The Morgan fingerprint density at radius 2 is 1.86 bits per heavy atom. The van der Waals surface area contributed by atoms with Crippen LogP contribution in [0.25, 0.3) is 0 Å². The molecule has 1 N–H and O–H groups in total. The van der Waals surface area contributed by atoms with E-state index in [1.165, 1.54) is 22.3 Å². The third-order valence-corrected chi connectivity index (χ3v) is 4.66. The van der Waals surface area contributed by atoms with Crippen molar-refractivity contribution in [3.05, 3.63) is 68.7 Å². The predicted octanol–water partition coefficient (Wildman–Crippen LogP) is 4.53. The van der Waals surface area contributed by atoms with Crippen LogP contribution in [0.15, 0.2) is 36.4 Å². The molecule has 0 fully saturated rings. The lowest BCUT2D eigenvalue weighted by molar-refractivity contribution is 0.134. The van der Waals surface area contributed by atoms with Crippen LogP contribution in [-0.2, 0) is 24.4 Å². The smallest absolute Gasteiger partial charge is 0.0725 e. The van der Waals surface area contributed by atoms with Crippen LogP contribution >= 0.6 is 23.2 Å². The maximum absolute atomic E-state index is 6.09. The summed E-state index contributed by atoms with van der Waals surface area (Å²) in [5, 5.41) is 4.57. The third kappa shape index (κ3) is 3.24. The highest BCUT2D eigenvalue weighted by Crippen LogP contribution is 2.28. The maximum atomic E-state index is 6.09. The Balaban J connectivity index is 1.83. The first-order chi connectivity index (χ1) is 10.2. The van der Waals surface area contributed by atoms with Gasteiger partial charge in [-0.15, -0.1) is 0 Å². The number of likely N-dealkylation sites (N-methyl/N-ethyl adjacent to an activating group) is 1. The lowest BCUT2D eigenvalue weighted by Crippen LogP contribution is -2.19. The molecule has 1 heterocycles. The van der Waals surface area contributed by atoms with Crippen molar-refractivity contribution < 1.29 is 4.74 Å². The quantitative estimate of drug-likeness (QED) is 0.893. The Hall–Kier alpha value is -1.06. The Morgan fingerprint density at radius 3 is 2.62 bits per heavy atom. The summed E-state index contributed by atoms with van der Waals surface area (Å²) in [6, 6.07) is 12.6. The topological polar surface area (TPSA) is 21.3 Å². The Morgan fingerprint density at radius 1 is 1.05 bits per heavy atom. The first-order valence-electron chi connectivity index (χ1n) is 6.98. The van der Waals surface area contributed by atoms with Gasteiger partial charge in [0, 0.05) is 6.04 Å². The fourth-order valence-corrected chi connectivity index (χ4v) is 3.02. The molecule has 1 atom stereocenters. The monoisotopic (exact) mass is 321 g/mol. The molecular weight excluding hydrogens is 305 g/mol. The summed E-state index contributed by atoms with van der Waals surface area (Å²) in [7, 11) is 1.98. The molecule has 2 nitrogen and oxygen atoms in total. The fraction of sp³-hybridized carbons (Fsp3) is 0.294. The van der Waals surface area contributed by atoms with Crippen molar-refractivity contribution in [2.75, 3.05) is 7.05 Å². The van der Waals surface area contributed by atoms with E-state index >= 15 is 0 Å². The van der Waals surface area contributed by atoms with Crippen LogP contribution in [0.4, 0.5) is 0 Å². The lowest BCUT2D eigenvalue weighted by atomic mass is 9.96. The molecule has 21 heavy (non-hydrogen) atoms. The molecule has 0 saturated carbocycles. The minimum atomic E-state index is 0.244. The predicted molar refractivity (Wildman–Crippen MR) is 86.9 cm³/mol. The van der Waals surface area contributed by atoms with E-state index in [0.29, 0.717) is 16.7 Å². The van der Waals surface area contributed by atoms with Crippen molar-refractivity contribution >= 4 is 23.2 Å². The third-order valence-electron chi connectivity index (χ3n) is 3.92. The highest BCUT2D eigenvalue weighted by molar-refractivity contribution is 6.42. The van der Waals surface area contributed by atoms with Gasteiger partial charge in [0.25, 0.3) is 0 Å². The van der Waals surface area contributed by atoms with Gasteiger partial charge in [-0.05, 0) is 47.9 Å². The molecule has 0 saturated heterocycles. The van der Waals surface area contributed by atoms with Crippen molar-refractivity contribution in [2.45, 2.75) is 25.7 Å². The van der Waals surface area contributed by atoms with Crippen LogP contribution in [0.5, 0.6) is 0 Å². The number of benzene rings is 2. The van der Waals surface area contributed by atoms with E-state index < -0.39 is 0 Å². The van der Waals surface area contributed by atoms with Gasteiger partial charge in [0.2, 0.25) is 0 Å². The number of hydrogen-bond acceptors (Lipinski definition) is 2. The van der Waals surface area contributed by atoms with Crippen molar-refractivity contribution in [3.63, 3.8) is 0 Å². The van der Waals surface area contributed by atoms with Gasteiger partial charge in [-0.1, -0.05) is 47.5 Å². The minimum absolute atomic E-state index is 0.244. The second-order valence-corrected chi connectivity index (χ2v) is 6.13. The van der Waals surface area contributed by atoms with Crippen molar-refractivity contribution in [3.8, 4) is 0 Å². The first kappa shape index (κ1) is 14.9. The molecular formula is C17H17Cl2NO. The molecule has 0 amide bonds. The number of ether oxygens (including phenoxy) is 1. The van der Waals surface area contributed by atoms with Gasteiger partial charge in [-0.3, -0.25) is 0 Å². The molecule has 4 heteroatoms. The molecule has 2 aromatic rings. The standard InChI is InChI=1S/C17H17Cl2NO/c1-20-17(7-11-2-5-15(18)16(19)6-11)12-3-4-13-9-21-10-14(13)8-12/h2-6,8,17,20H,7,9-10H2,1H3. The van der Waals surface area contributed by atoms with Crippen molar-refractivity contribution in [2.24, 2.45) is 0 Å². The van der Waals surface area contributed by atoms with Gasteiger partial charge < -0.3 is 10.1 Å². The van der Waals surface area contributed by atoms with Gasteiger partial charge in [0.15, 0.2) is 0 Å². The fourth-order valence-electron chi connectivity index (χ4n) is 2.70. The molecule has 3 rings (SSSR count). The van der Waals surface area contributed by atoms with Crippen LogP contribution in [0, 0.1) is 0 Å². The summed E-state index contributed by atoms with van der Waals surface area (Å²) in [5.74, 6) is 0. The highest BCUT2D eigenvalue weighted by atomic mass is 35.5. The molecule has 0 aliphatic carbocycles. The molecule has 1 aliphatic rings. The average Bonchev–Trinajstić information content (AvgIpc) is 2.95. The van der Waals surface area contributed by atoms with E-state index in [4.69, 9.17) is 27.9 Å². The normalized spacial score (nSPS) is 15.0. The van der Waals surface area contributed by atoms with E-state index in [1.807, 2.05) is 25.2 Å². The summed E-state index contributed by atoms with van der Waals surface area (Å²) in [6.45, 7) is 1.44. The Labute approximate surface area is 135 Å². The maximum Gasteiger partial charge on any atom is 0.0725 e. The van der Waals surface area contributed by atoms with E-state index in [2.05, 4.69) is 23.5 Å². The van der Waals surface area contributed by atoms with Gasteiger partial charge in [-0.2, -0.15) is 0 Å². The highest BCUT2D eigenvalue weighted by Gasteiger charge is 2.16. The molecule has 110 valence electrons. The largest absolute Gasteiger partial charge is 0.372 e. The average molecular weight is 322 g/mol. The van der Waals surface area contributed by atoms with Crippen LogP contribution in [0.2, 0.25) is 10.0 Å². The summed E-state index contributed by atoms with van der Waals surface area (Å²) in [5.41, 5.74) is 5.03. The number of halogens is 2. The first-order valence-corrected chi connectivity index (χ1v) is 7.73. The lowest BCUT2D eigenvalue weighted by Gasteiger charge is -2.18. The second kappa shape index (κ2) is 6.37. The van der Waals surface area contributed by atoms with Crippen molar-refractivity contribution in [1.82, 2.24) is 5.32 Å². The zero-order chi connectivity index (χ0) is 14.8.